The molecule has 0 radical (unpaired) electrons. The molecule has 0 saturated heterocycles. The van der Waals surface area contributed by atoms with Crippen molar-refractivity contribution in [2.45, 2.75) is 45.1 Å². The molecule has 1 fully saturated rings. The first-order valence-corrected chi connectivity index (χ1v) is 7.49. The van der Waals surface area contributed by atoms with Crippen molar-refractivity contribution >= 4 is 27.0 Å². The molecule has 19 heavy (non-hydrogen) atoms. The lowest BCUT2D eigenvalue weighted by Crippen LogP contribution is -2.23. The van der Waals surface area contributed by atoms with Gasteiger partial charge in [0.05, 0.1) is 5.52 Å². The van der Waals surface area contributed by atoms with Gasteiger partial charge in [0.15, 0.2) is 0 Å². The van der Waals surface area contributed by atoms with Crippen molar-refractivity contribution in [2.75, 3.05) is 0 Å². The lowest BCUT2D eigenvalue weighted by Gasteiger charge is -2.21. The van der Waals surface area contributed by atoms with Crippen molar-refractivity contribution in [1.29, 1.82) is 0 Å². The largest absolute Gasteiger partial charge is 0.486 e. The van der Waals surface area contributed by atoms with Crippen molar-refractivity contribution < 1.29 is 4.74 Å². The molecule has 1 aromatic heterocycles. The molecule has 1 aliphatic rings. The Bertz CT molecular complexity index is 636. The number of aromatic nitrogens is 2. The molecule has 0 aliphatic heterocycles. The van der Waals surface area contributed by atoms with E-state index in [0.29, 0.717) is 5.92 Å². The van der Waals surface area contributed by atoms with E-state index in [1.54, 1.807) is 0 Å². The maximum atomic E-state index is 6.06. The first-order valence-electron chi connectivity index (χ1n) is 6.70. The Hall–Kier alpha value is -1.03. The topological polar surface area (TPSA) is 27.1 Å². The number of halogens is 1. The maximum Gasteiger partial charge on any atom is 0.149 e. The minimum absolute atomic E-state index is 0.217. The molecule has 1 saturated carbocycles. The van der Waals surface area contributed by atoms with Crippen molar-refractivity contribution in [3.8, 4) is 5.75 Å². The highest BCUT2D eigenvalue weighted by Crippen LogP contribution is 2.42. The Morgan fingerprint density at radius 2 is 2.00 bits per heavy atom. The normalized spacial score (nSPS) is 16.1. The van der Waals surface area contributed by atoms with Crippen molar-refractivity contribution in [3.05, 3.63) is 22.4 Å². The number of imidazole rings is 1. The summed E-state index contributed by atoms with van der Waals surface area (Å²) < 4.78 is 9.29. The third-order valence-electron chi connectivity index (χ3n) is 3.31. The van der Waals surface area contributed by atoms with Crippen LogP contribution in [0.2, 0.25) is 0 Å². The molecule has 0 atom stereocenters. The summed E-state index contributed by atoms with van der Waals surface area (Å²) in [7, 11) is 2.09. The van der Waals surface area contributed by atoms with Gasteiger partial charge in [0.25, 0.3) is 0 Å². The molecule has 0 N–H and O–H groups in total. The first-order chi connectivity index (χ1) is 8.85. The monoisotopic (exact) mass is 322 g/mol. The Kier molecular flexibility index (Phi) is 2.89. The summed E-state index contributed by atoms with van der Waals surface area (Å²) in [6, 6.07) is 4.13. The predicted molar refractivity (Wildman–Crippen MR) is 80.8 cm³/mol. The first kappa shape index (κ1) is 13.0. The van der Waals surface area contributed by atoms with Crippen LogP contribution < -0.4 is 4.74 Å². The van der Waals surface area contributed by atoms with Gasteiger partial charge in [0, 0.05) is 17.4 Å². The van der Waals surface area contributed by atoms with Gasteiger partial charge in [-0.2, -0.15) is 0 Å². The van der Waals surface area contributed by atoms with Gasteiger partial charge in [-0.1, -0.05) is 15.9 Å². The second kappa shape index (κ2) is 4.23. The van der Waals surface area contributed by atoms with Gasteiger partial charge in [0.1, 0.15) is 22.7 Å². The average Bonchev–Trinajstić information content (AvgIpc) is 3.04. The molecule has 1 aromatic carbocycles. The molecule has 1 heterocycles. The van der Waals surface area contributed by atoms with Gasteiger partial charge >= 0.3 is 0 Å². The van der Waals surface area contributed by atoms with Crippen LogP contribution in [0.3, 0.4) is 0 Å². The highest BCUT2D eigenvalue weighted by molar-refractivity contribution is 9.10. The lowest BCUT2D eigenvalue weighted by atomic mass is 10.2. The van der Waals surface area contributed by atoms with E-state index in [1.807, 2.05) is 6.07 Å². The predicted octanol–water partition coefficient (Wildman–Crippen LogP) is 4.39. The molecular weight excluding hydrogens is 304 g/mol. The molecule has 3 rings (SSSR count). The van der Waals surface area contributed by atoms with Crippen LogP contribution in [-0.2, 0) is 7.05 Å². The Balaban J connectivity index is 2.18. The number of benzene rings is 1. The fourth-order valence-electron chi connectivity index (χ4n) is 2.36. The third kappa shape index (κ3) is 2.50. The van der Waals surface area contributed by atoms with Gasteiger partial charge in [-0.25, -0.2) is 4.98 Å². The van der Waals surface area contributed by atoms with Crippen molar-refractivity contribution in [1.82, 2.24) is 9.55 Å². The Morgan fingerprint density at radius 1 is 1.32 bits per heavy atom. The molecular formula is C15H19BrN2O. The minimum atomic E-state index is -0.217. The van der Waals surface area contributed by atoms with E-state index < -0.39 is 0 Å². The second-order valence-corrected chi connectivity index (χ2v) is 7.21. The summed E-state index contributed by atoms with van der Waals surface area (Å²) >= 11 is 3.57. The molecule has 0 unspecified atom stereocenters. The van der Waals surface area contributed by atoms with E-state index in [-0.39, 0.29) is 5.60 Å². The SMILES string of the molecule is Cn1c(C2CC2)nc2c(OC(C)(C)C)cc(Br)cc21. The van der Waals surface area contributed by atoms with Crippen molar-refractivity contribution in [3.63, 3.8) is 0 Å². The summed E-state index contributed by atoms with van der Waals surface area (Å²) in [6.07, 6.45) is 2.52. The van der Waals surface area contributed by atoms with Crippen molar-refractivity contribution in [2.24, 2.45) is 7.05 Å². The summed E-state index contributed by atoms with van der Waals surface area (Å²) in [6.45, 7) is 6.18. The molecule has 2 aromatic rings. The van der Waals surface area contributed by atoms with E-state index in [4.69, 9.17) is 9.72 Å². The van der Waals surface area contributed by atoms with E-state index >= 15 is 0 Å². The third-order valence-corrected chi connectivity index (χ3v) is 3.77. The van der Waals surface area contributed by atoms with Gasteiger partial charge in [-0.05, 0) is 45.7 Å². The average molecular weight is 323 g/mol. The van der Waals surface area contributed by atoms with Crippen LogP contribution in [0.15, 0.2) is 16.6 Å². The molecule has 0 bridgehead atoms. The molecule has 4 heteroatoms. The van der Waals surface area contributed by atoms with Crippen LogP contribution >= 0.6 is 15.9 Å². The van der Waals surface area contributed by atoms with E-state index in [9.17, 15) is 0 Å². The highest BCUT2D eigenvalue weighted by atomic mass is 79.9. The van der Waals surface area contributed by atoms with Crippen LogP contribution in [0.4, 0.5) is 0 Å². The quantitative estimate of drug-likeness (QED) is 0.819. The standard InChI is InChI=1S/C15H19BrN2O/c1-15(2,3)19-12-8-10(16)7-11-13(12)17-14(18(11)4)9-5-6-9/h7-9H,5-6H2,1-4H3. The van der Waals surface area contributed by atoms with E-state index in [0.717, 1.165) is 21.3 Å². The van der Waals surface area contributed by atoms with Gasteiger partial charge in [-0.15, -0.1) is 0 Å². The molecule has 0 amide bonds. The molecule has 0 spiro atoms. The number of nitrogens with zero attached hydrogens (tertiary/aromatic N) is 2. The summed E-state index contributed by atoms with van der Waals surface area (Å²) in [4.78, 5) is 4.82. The van der Waals surface area contributed by atoms with Crippen LogP contribution in [0.1, 0.15) is 45.4 Å². The fourth-order valence-corrected chi connectivity index (χ4v) is 2.78. The Morgan fingerprint density at radius 3 is 2.58 bits per heavy atom. The van der Waals surface area contributed by atoms with Crippen LogP contribution in [0.5, 0.6) is 5.75 Å². The summed E-state index contributed by atoms with van der Waals surface area (Å²) in [5.41, 5.74) is 1.89. The summed E-state index contributed by atoms with van der Waals surface area (Å²) in [5.74, 6) is 2.69. The fraction of sp³-hybridized carbons (Fsp3) is 0.533. The van der Waals surface area contributed by atoms with E-state index in [2.05, 4.69) is 54.4 Å². The zero-order valence-corrected chi connectivity index (χ0v) is 13.4. The number of aryl methyl sites for hydroxylation is 1. The number of fused-ring (bicyclic) bond motifs is 1. The van der Waals surface area contributed by atoms with E-state index in [1.165, 1.54) is 18.7 Å². The summed E-state index contributed by atoms with van der Waals surface area (Å²) in [5, 5.41) is 0. The van der Waals surface area contributed by atoms with Crippen LogP contribution in [0.25, 0.3) is 11.0 Å². The maximum absolute atomic E-state index is 6.06. The Labute approximate surface area is 122 Å². The van der Waals surface area contributed by atoms with Gasteiger partial charge in [0.2, 0.25) is 0 Å². The lowest BCUT2D eigenvalue weighted by molar-refractivity contribution is 0.133. The molecule has 3 nitrogen and oxygen atoms in total. The van der Waals surface area contributed by atoms with Gasteiger partial charge in [-0.3, -0.25) is 0 Å². The number of hydrogen-bond donors (Lipinski definition) is 0. The van der Waals surface area contributed by atoms with Crippen LogP contribution in [-0.4, -0.2) is 15.2 Å². The zero-order chi connectivity index (χ0) is 13.8. The number of rotatable bonds is 2. The zero-order valence-electron chi connectivity index (χ0n) is 11.8. The highest BCUT2D eigenvalue weighted by Gasteiger charge is 2.29. The number of ether oxygens (including phenoxy) is 1. The second-order valence-electron chi connectivity index (χ2n) is 6.29. The molecule has 1 aliphatic carbocycles. The number of hydrogen-bond acceptors (Lipinski definition) is 2. The minimum Gasteiger partial charge on any atom is -0.486 e. The van der Waals surface area contributed by atoms with Crippen LogP contribution in [0, 0.1) is 0 Å². The molecule has 102 valence electrons. The van der Waals surface area contributed by atoms with Gasteiger partial charge < -0.3 is 9.30 Å². The smallest absolute Gasteiger partial charge is 0.149 e.